The maximum atomic E-state index is 14.4. The molecule has 0 saturated carbocycles. The fourth-order valence-corrected chi connectivity index (χ4v) is 4.62. The predicted octanol–water partition coefficient (Wildman–Crippen LogP) is 3.75. The van der Waals surface area contributed by atoms with Gasteiger partial charge >= 0.3 is 0 Å². The van der Waals surface area contributed by atoms with Crippen LogP contribution in [-0.2, 0) is 9.59 Å². The van der Waals surface area contributed by atoms with E-state index < -0.39 is 29.3 Å². The topological polar surface area (TPSA) is 79.3 Å². The summed E-state index contributed by atoms with van der Waals surface area (Å²) in [5.41, 5.74) is 0.675. The third-order valence-electron chi connectivity index (χ3n) is 6.31. The molecule has 2 aromatic carbocycles. The Balaban J connectivity index is 1.78. The number of rotatable bonds is 8. The summed E-state index contributed by atoms with van der Waals surface area (Å²) in [6.07, 6.45) is 2.23. The molecule has 2 heterocycles. The summed E-state index contributed by atoms with van der Waals surface area (Å²) in [5.74, 6) is -1.95. The minimum atomic E-state index is -0.812. The number of carbonyl (C=O) groups excluding carboxylic acids is 2. The van der Waals surface area contributed by atoms with Gasteiger partial charge in [0.15, 0.2) is 11.6 Å². The number of hydrogen-bond acceptors (Lipinski definition) is 6. The first-order valence-electron chi connectivity index (χ1n) is 11.5. The average molecular weight is 469 g/mol. The molecule has 4 rings (SSSR count). The number of Topliss-reactive ketones (excluding diaryl/α,β-unsaturated/α-hetero) is 1. The monoisotopic (exact) mass is 468 g/mol. The number of nitrogens with zero attached hydrogens (tertiary/aromatic N) is 2. The molecule has 1 atom stereocenters. The number of aliphatic hydroxyl groups is 1. The molecular formula is C26H29FN2O5. The molecule has 0 aromatic heterocycles. The van der Waals surface area contributed by atoms with E-state index in [4.69, 9.17) is 9.47 Å². The molecule has 2 aromatic rings. The van der Waals surface area contributed by atoms with E-state index in [9.17, 15) is 19.1 Å². The van der Waals surface area contributed by atoms with Gasteiger partial charge in [-0.2, -0.15) is 0 Å². The van der Waals surface area contributed by atoms with Gasteiger partial charge in [0.05, 0.1) is 25.3 Å². The van der Waals surface area contributed by atoms with Crippen molar-refractivity contribution in [2.75, 3.05) is 39.9 Å². The second-order valence-electron chi connectivity index (χ2n) is 8.40. The Morgan fingerprint density at radius 2 is 1.88 bits per heavy atom. The highest BCUT2D eigenvalue weighted by Crippen LogP contribution is 2.40. The van der Waals surface area contributed by atoms with Crippen molar-refractivity contribution in [3.63, 3.8) is 0 Å². The lowest BCUT2D eigenvalue weighted by Crippen LogP contribution is -2.37. The Bertz CT molecular complexity index is 1110. The number of methoxy groups -OCH3 is 1. The van der Waals surface area contributed by atoms with Gasteiger partial charge in [-0.3, -0.25) is 9.59 Å². The van der Waals surface area contributed by atoms with Crippen LogP contribution in [0.5, 0.6) is 11.5 Å². The molecule has 2 fully saturated rings. The lowest BCUT2D eigenvalue weighted by molar-refractivity contribution is -0.140. The Morgan fingerprint density at radius 3 is 2.56 bits per heavy atom. The highest BCUT2D eigenvalue weighted by Gasteiger charge is 2.46. The average Bonchev–Trinajstić information content (AvgIpc) is 3.44. The number of likely N-dealkylation sites (tertiary alicyclic amines) is 2. The highest BCUT2D eigenvalue weighted by atomic mass is 19.1. The second kappa shape index (κ2) is 10.3. The summed E-state index contributed by atoms with van der Waals surface area (Å²) in [4.78, 5) is 30.0. The van der Waals surface area contributed by atoms with Crippen molar-refractivity contribution in [2.24, 2.45) is 0 Å². The Hall–Kier alpha value is -3.39. The first-order chi connectivity index (χ1) is 16.4. The van der Waals surface area contributed by atoms with E-state index >= 15 is 0 Å². The highest BCUT2D eigenvalue weighted by molar-refractivity contribution is 6.46. The maximum absolute atomic E-state index is 14.4. The molecule has 7 nitrogen and oxygen atoms in total. The molecule has 34 heavy (non-hydrogen) atoms. The number of halogens is 1. The molecule has 2 aliphatic heterocycles. The van der Waals surface area contributed by atoms with Crippen molar-refractivity contribution < 1.29 is 28.6 Å². The molecule has 1 amide bonds. The van der Waals surface area contributed by atoms with Crippen molar-refractivity contribution in [1.29, 1.82) is 0 Å². The molecule has 0 aliphatic carbocycles. The fourth-order valence-electron chi connectivity index (χ4n) is 4.62. The van der Waals surface area contributed by atoms with Gasteiger partial charge in [-0.15, -0.1) is 0 Å². The van der Waals surface area contributed by atoms with E-state index in [1.807, 2.05) is 6.92 Å². The van der Waals surface area contributed by atoms with Gasteiger partial charge in [0, 0.05) is 18.7 Å². The van der Waals surface area contributed by atoms with Crippen LogP contribution in [0, 0.1) is 5.82 Å². The number of amides is 1. The van der Waals surface area contributed by atoms with Crippen LogP contribution in [0.15, 0.2) is 48.0 Å². The van der Waals surface area contributed by atoms with Crippen molar-refractivity contribution in [3.8, 4) is 11.5 Å². The standard InChI is InChI=1S/C26H29FN2O5/c1-3-34-19-8-6-7-17(15-19)23-22(24(30)18-9-10-21(33-2)20(27)16-18)25(31)26(32)29(23)14-13-28-11-4-5-12-28/h6-10,15-16,23,30H,3-5,11-14H2,1-2H3/b24-22+. The molecule has 1 N–H and O–H groups in total. The predicted molar refractivity (Wildman–Crippen MR) is 125 cm³/mol. The van der Waals surface area contributed by atoms with Crippen molar-refractivity contribution >= 4 is 17.4 Å². The molecular weight excluding hydrogens is 439 g/mol. The van der Waals surface area contributed by atoms with E-state index in [0.717, 1.165) is 32.0 Å². The summed E-state index contributed by atoms with van der Waals surface area (Å²) in [7, 11) is 1.34. The first-order valence-corrected chi connectivity index (χ1v) is 11.5. The Kier molecular flexibility index (Phi) is 7.17. The van der Waals surface area contributed by atoms with E-state index in [2.05, 4.69) is 4.90 Å². The van der Waals surface area contributed by atoms with Crippen molar-refractivity contribution in [3.05, 3.63) is 65.0 Å². The Morgan fingerprint density at radius 1 is 1.12 bits per heavy atom. The number of ether oxygens (including phenoxy) is 2. The van der Waals surface area contributed by atoms with Gasteiger partial charge in [-0.25, -0.2) is 4.39 Å². The van der Waals surface area contributed by atoms with Gasteiger partial charge in [0.2, 0.25) is 0 Å². The summed E-state index contributed by atoms with van der Waals surface area (Å²) in [6.45, 7) is 5.21. The summed E-state index contributed by atoms with van der Waals surface area (Å²) >= 11 is 0. The molecule has 180 valence electrons. The van der Waals surface area contributed by atoms with Crippen LogP contribution in [0.2, 0.25) is 0 Å². The van der Waals surface area contributed by atoms with Gasteiger partial charge < -0.3 is 24.4 Å². The van der Waals surface area contributed by atoms with Crippen LogP contribution in [0.3, 0.4) is 0 Å². The second-order valence-corrected chi connectivity index (χ2v) is 8.40. The minimum Gasteiger partial charge on any atom is -0.507 e. The molecule has 1 unspecified atom stereocenters. The van der Waals surface area contributed by atoms with Crippen LogP contribution < -0.4 is 9.47 Å². The van der Waals surface area contributed by atoms with E-state index in [1.165, 1.54) is 24.1 Å². The van der Waals surface area contributed by atoms with Crippen LogP contribution in [0.25, 0.3) is 5.76 Å². The zero-order valence-electron chi connectivity index (χ0n) is 19.4. The number of hydrogen-bond donors (Lipinski definition) is 1. The van der Waals surface area contributed by atoms with E-state index in [0.29, 0.717) is 31.0 Å². The molecule has 0 spiro atoms. The zero-order chi connectivity index (χ0) is 24.2. The lowest BCUT2D eigenvalue weighted by Gasteiger charge is -2.27. The van der Waals surface area contributed by atoms with Crippen molar-refractivity contribution in [2.45, 2.75) is 25.8 Å². The summed E-state index contributed by atoms with van der Waals surface area (Å²) in [6, 6.07) is 10.3. The molecule has 0 bridgehead atoms. The number of benzene rings is 2. The van der Waals surface area contributed by atoms with Gasteiger partial charge in [0.25, 0.3) is 11.7 Å². The van der Waals surface area contributed by atoms with Crippen molar-refractivity contribution in [1.82, 2.24) is 9.80 Å². The first kappa shape index (κ1) is 23.8. The number of ketones is 1. The van der Waals surface area contributed by atoms with Gasteiger partial charge in [-0.1, -0.05) is 12.1 Å². The van der Waals surface area contributed by atoms with Crippen LogP contribution in [0.1, 0.15) is 36.9 Å². The number of carbonyl (C=O) groups is 2. The van der Waals surface area contributed by atoms with Crippen LogP contribution in [0.4, 0.5) is 4.39 Å². The van der Waals surface area contributed by atoms with E-state index in [1.54, 1.807) is 24.3 Å². The lowest BCUT2D eigenvalue weighted by atomic mass is 9.95. The minimum absolute atomic E-state index is 0.0172. The number of aliphatic hydroxyl groups excluding tert-OH is 1. The maximum Gasteiger partial charge on any atom is 0.295 e. The van der Waals surface area contributed by atoms with Crippen LogP contribution in [-0.4, -0.2) is 66.5 Å². The smallest absolute Gasteiger partial charge is 0.295 e. The quantitative estimate of drug-likeness (QED) is 0.361. The van der Waals surface area contributed by atoms with Gasteiger partial charge in [-0.05, 0) is 68.8 Å². The molecule has 2 saturated heterocycles. The normalized spacial score (nSPS) is 20.2. The SMILES string of the molecule is CCOc1cccc(C2/C(=C(\O)c3ccc(OC)c(F)c3)C(=O)C(=O)N2CCN2CCCC2)c1. The summed E-state index contributed by atoms with van der Waals surface area (Å²) < 4.78 is 24.9. The fraction of sp³-hybridized carbons (Fsp3) is 0.385. The molecule has 8 heteroatoms. The van der Waals surface area contributed by atoms with Gasteiger partial charge in [0.1, 0.15) is 11.5 Å². The van der Waals surface area contributed by atoms with E-state index in [-0.39, 0.29) is 16.9 Å². The third-order valence-corrected chi connectivity index (χ3v) is 6.31. The Labute approximate surface area is 198 Å². The summed E-state index contributed by atoms with van der Waals surface area (Å²) in [5, 5.41) is 11.1. The zero-order valence-corrected chi connectivity index (χ0v) is 19.4. The largest absolute Gasteiger partial charge is 0.507 e. The third kappa shape index (κ3) is 4.63. The molecule has 2 aliphatic rings. The van der Waals surface area contributed by atoms with Crippen LogP contribution >= 0.6 is 0 Å². The molecule has 0 radical (unpaired) electrons.